The van der Waals surface area contributed by atoms with E-state index in [0.29, 0.717) is 30.7 Å². The number of anilines is 1. The lowest BCUT2D eigenvalue weighted by Gasteiger charge is -1.99. The van der Waals surface area contributed by atoms with Crippen molar-refractivity contribution in [3.05, 3.63) is 5.89 Å². The molecule has 0 aromatic carbocycles. The van der Waals surface area contributed by atoms with Gasteiger partial charge in [0.2, 0.25) is 5.89 Å². The van der Waals surface area contributed by atoms with E-state index in [1.807, 2.05) is 6.92 Å². The predicted octanol–water partition coefficient (Wildman–Crippen LogP) is 0.360. The van der Waals surface area contributed by atoms with Crippen LogP contribution in [0.5, 0.6) is 0 Å². The van der Waals surface area contributed by atoms with Crippen molar-refractivity contribution in [1.82, 2.24) is 15.5 Å². The van der Waals surface area contributed by atoms with Crippen LogP contribution >= 0.6 is 0 Å². The van der Waals surface area contributed by atoms with E-state index in [1.165, 1.54) is 0 Å². The van der Waals surface area contributed by atoms with Gasteiger partial charge in [0.1, 0.15) is 0 Å². The van der Waals surface area contributed by atoms with Crippen LogP contribution in [0, 0.1) is 0 Å². The van der Waals surface area contributed by atoms with Gasteiger partial charge in [0.15, 0.2) is 0 Å². The maximum absolute atomic E-state index is 10.8. The van der Waals surface area contributed by atoms with E-state index in [1.54, 1.807) is 6.26 Å². The molecule has 0 fully saturated rings. The van der Waals surface area contributed by atoms with Crippen molar-refractivity contribution in [3.8, 4) is 0 Å². The molecule has 0 aliphatic carbocycles. The summed E-state index contributed by atoms with van der Waals surface area (Å²) in [5.41, 5.74) is 0. The zero-order valence-corrected chi connectivity index (χ0v) is 10.5. The van der Waals surface area contributed by atoms with Crippen LogP contribution in [0.4, 0.5) is 6.01 Å². The average Bonchev–Trinajstić information content (AvgIpc) is 2.69. The van der Waals surface area contributed by atoms with Gasteiger partial charge in [-0.2, -0.15) is 0 Å². The first kappa shape index (κ1) is 13.1. The number of nitrogens with one attached hydrogen (secondary N) is 2. The molecule has 0 saturated heterocycles. The predicted molar refractivity (Wildman–Crippen MR) is 63.7 cm³/mol. The Morgan fingerprint density at radius 1 is 1.44 bits per heavy atom. The molecule has 0 aliphatic heterocycles. The standard InChI is InChI=1S/C9H18N4O2S/c1-3-10-7-8-12-13-9(15-8)11-5-4-6-16(2)14/h10H,3-7H2,1-2H3,(H,11,13). The molecule has 1 heterocycles. The first-order valence-electron chi connectivity index (χ1n) is 5.29. The van der Waals surface area contributed by atoms with Crippen molar-refractivity contribution in [2.24, 2.45) is 0 Å². The van der Waals surface area contributed by atoms with Gasteiger partial charge < -0.3 is 15.1 Å². The molecule has 0 amide bonds. The van der Waals surface area contributed by atoms with Crippen LogP contribution in [0.1, 0.15) is 19.2 Å². The van der Waals surface area contributed by atoms with Crippen molar-refractivity contribution < 1.29 is 8.63 Å². The molecule has 1 atom stereocenters. The van der Waals surface area contributed by atoms with Crippen LogP contribution in [0.15, 0.2) is 4.42 Å². The molecule has 6 nitrogen and oxygen atoms in total. The topological polar surface area (TPSA) is 80.0 Å². The third-order valence-corrected chi connectivity index (χ3v) is 2.74. The summed E-state index contributed by atoms with van der Waals surface area (Å²) in [6.07, 6.45) is 2.52. The van der Waals surface area contributed by atoms with Crippen molar-refractivity contribution in [2.75, 3.05) is 30.4 Å². The molecule has 1 rings (SSSR count). The van der Waals surface area contributed by atoms with E-state index in [9.17, 15) is 4.21 Å². The van der Waals surface area contributed by atoms with Gasteiger partial charge in [-0.3, -0.25) is 4.21 Å². The lowest BCUT2D eigenvalue weighted by atomic mass is 10.5. The van der Waals surface area contributed by atoms with E-state index in [2.05, 4.69) is 20.8 Å². The Bertz CT molecular complexity index is 329. The second-order valence-electron chi connectivity index (χ2n) is 3.34. The Labute approximate surface area is 97.7 Å². The van der Waals surface area contributed by atoms with Crippen LogP contribution in [0.3, 0.4) is 0 Å². The summed E-state index contributed by atoms with van der Waals surface area (Å²) in [6.45, 7) is 4.17. The van der Waals surface area contributed by atoms with Crippen LogP contribution in [0.2, 0.25) is 0 Å². The highest BCUT2D eigenvalue weighted by atomic mass is 32.2. The van der Waals surface area contributed by atoms with Crippen molar-refractivity contribution >= 4 is 16.8 Å². The second kappa shape index (κ2) is 7.34. The molecule has 1 unspecified atom stereocenters. The van der Waals surface area contributed by atoms with Gasteiger partial charge >= 0.3 is 6.01 Å². The molecule has 0 saturated carbocycles. The van der Waals surface area contributed by atoms with Crippen LogP contribution in [-0.4, -0.2) is 39.5 Å². The molecule has 16 heavy (non-hydrogen) atoms. The van der Waals surface area contributed by atoms with Crippen molar-refractivity contribution in [2.45, 2.75) is 19.9 Å². The zero-order chi connectivity index (χ0) is 11.8. The van der Waals surface area contributed by atoms with Gasteiger partial charge in [-0.25, -0.2) is 0 Å². The Kier molecular flexibility index (Phi) is 6.02. The van der Waals surface area contributed by atoms with Gasteiger partial charge in [-0.05, 0) is 13.0 Å². The number of hydrogen-bond acceptors (Lipinski definition) is 6. The average molecular weight is 246 g/mol. The monoisotopic (exact) mass is 246 g/mol. The first-order chi connectivity index (χ1) is 7.72. The minimum absolute atomic E-state index is 0.426. The van der Waals surface area contributed by atoms with E-state index in [4.69, 9.17) is 4.42 Å². The Balaban J connectivity index is 2.21. The van der Waals surface area contributed by atoms with E-state index in [0.717, 1.165) is 13.0 Å². The molecule has 1 aromatic heterocycles. The van der Waals surface area contributed by atoms with E-state index >= 15 is 0 Å². The quantitative estimate of drug-likeness (QED) is 0.645. The molecule has 1 aromatic rings. The highest BCUT2D eigenvalue weighted by Crippen LogP contribution is 2.04. The van der Waals surface area contributed by atoms with Gasteiger partial charge in [-0.1, -0.05) is 12.0 Å². The Morgan fingerprint density at radius 3 is 2.94 bits per heavy atom. The lowest BCUT2D eigenvalue weighted by Crippen LogP contribution is -2.11. The fourth-order valence-electron chi connectivity index (χ4n) is 1.10. The zero-order valence-electron chi connectivity index (χ0n) is 9.65. The molecule has 0 radical (unpaired) electrons. The third-order valence-electron chi connectivity index (χ3n) is 1.88. The minimum atomic E-state index is -0.739. The molecule has 0 spiro atoms. The smallest absolute Gasteiger partial charge is 0.315 e. The Hall–Kier alpha value is -0.950. The lowest BCUT2D eigenvalue weighted by molar-refractivity contribution is 0.481. The Morgan fingerprint density at radius 2 is 2.25 bits per heavy atom. The van der Waals surface area contributed by atoms with Gasteiger partial charge in [0.05, 0.1) is 6.54 Å². The first-order valence-corrected chi connectivity index (χ1v) is 7.02. The largest absolute Gasteiger partial charge is 0.407 e. The van der Waals surface area contributed by atoms with Crippen molar-refractivity contribution in [1.29, 1.82) is 0 Å². The number of aromatic nitrogens is 2. The normalized spacial score (nSPS) is 12.6. The number of rotatable bonds is 8. The van der Waals surface area contributed by atoms with Crippen LogP contribution in [-0.2, 0) is 17.3 Å². The van der Waals surface area contributed by atoms with Crippen LogP contribution < -0.4 is 10.6 Å². The summed E-state index contributed by atoms with van der Waals surface area (Å²) in [5.74, 6) is 1.26. The molecule has 0 aliphatic rings. The summed E-state index contributed by atoms with van der Waals surface area (Å²) in [4.78, 5) is 0. The minimum Gasteiger partial charge on any atom is -0.407 e. The highest BCUT2D eigenvalue weighted by Gasteiger charge is 2.03. The van der Waals surface area contributed by atoms with Gasteiger partial charge in [0, 0.05) is 29.4 Å². The van der Waals surface area contributed by atoms with E-state index in [-0.39, 0.29) is 0 Å². The maximum atomic E-state index is 10.8. The van der Waals surface area contributed by atoms with E-state index < -0.39 is 10.8 Å². The van der Waals surface area contributed by atoms with Crippen LogP contribution in [0.25, 0.3) is 0 Å². The molecule has 2 N–H and O–H groups in total. The fraction of sp³-hybridized carbons (Fsp3) is 0.778. The molecule has 7 heteroatoms. The molecule has 92 valence electrons. The summed E-state index contributed by atoms with van der Waals surface area (Å²) in [7, 11) is -0.739. The fourth-order valence-corrected chi connectivity index (χ4v) is 1.65. The molecular weight excluding hydrogens is 228 g/mol. The number of hydrogen-bond donors (Lipinski definition) is 2. The molecule has 0 bridgehead atoms. The summed E-state index contributed by atoms with van der Waals surface area (Å²) in [5, 5.41) is 13.8. The highest BCUT2D eigenvalue weighted by molar-refractivity contribution is 7.84. The summed E-state index contributed by atoms with van der Waals surface area (Å²) >= 11 is 0. The van der Waals surface area contributed by atoms with Crippen molar-refractivity contribution in [3.63, 3.8) is 0 Å². The second-order valence-corrected chi connectivity index (χ2v) is 4.89. The third kappa shape index (κ3) is 5.22. The molecular formula is C9H18N4O2S. The number of nitrogens with zero attached hydrogens (tertiary/aromatic N) is 2. The van der Waals surface area contributed by atoms with Gasteiger partial charge in [-0.15, -0.1) is 5.10 Å². The maximum Gasteiger partial charge on any atom is 0.315 e. The van der Waals surface area contributed by atoms with Gasteiger partial charge in [0.25, 0.3) is 0 Å². The SMILES string of the molecule is CCNCc1nnc(NCCCS(C)=O)o1. The summed E-state index contributed by atoms with van der Waals surface area (Å²) < 4.78 is 16.1. The summed E-state index contributed by atoms with van der Waals surface area (Å²) in [6, 6.07) is 0.426.